The van der Waals surface area contributed by atoms with Gasteiger partial charge in [0.2, 0.25) is 5.91 Å². The Morgan fingerprint density at radius 2 is 2.10 bits per heavy atom. The van der Waals surface area contributed by atoms with Gasteiger partial charge in [0.05, 0.1) is 0 Å². The molecule has 0 bridgehead atoms. The van der Waals surface area contributed by atoms with Gasteiger partial charge in [0.15, 0.2) is 0 Å². The fraction of sp³-hybridized carbons (Fsp3) is 0.562. The Labute approximate surface area is 124 Å². The molecule has 1 amide bonds. The van der Waals surface area contributed by atoms with Gasteiger partial charge in [-0.05, 0) is 43.5 Å². The topological polar surface area (TPSA) is 41.1 Å². The molecule has 0 unspecified atom stereocenters. The van der Waals surface area contributed by atoms with E-state index in [0.717, 1.165) is 32.0 Å². The van der Waals surface area contributed by atoms with E-state index in [-0.39, 0.29) is 11.8 Å². The summed E-state index contributed by atoms with van der Waals surface area (Å²) < 4.78 is 26.5. The number of hydrogen-bond donors (Lipinski definition) is 2. The van der Waals surface area contributed by atoms with E-state index < -0.39 is 11.6 Å². The monoisotopic (exact) mass is 296 g/mol. The number of rotatable bonds is 5. The third-order valence-electron chi connectivity index (χ3n) is 4.03. The van der Waals surface area contributed by atoms with E-state index in [2.05, 4.69) is 10.6 Å². The van der Waals surface area contributed by atoms with E-state index in [4.69, 9.17) is 0 Å². The molecule has 0 aromatic heterocycles. The SMILES string of the molecule is C[C@@H](CNC(=O)CC1CCNCC1)c1ccc(F)cc1F. The van der Waals surface area contributed by atoms with Gasteiger partial charge in [0.1, 0.15) is 11.6 Å². The second-order valence-electron chi connectivity index (χ2n) is 5.77. The van der Waals surface area contributed by atoms with Crippen molar-refractivity contribution in [1.29, 1.82) is 0 Å². The van der Waals surface area contributed by atoms with Crippen molar-refractivity contribution in [2.45, 2.75) is 32.1 Å². The van der Waals surface area contributed by atoms with Crippen LogP contribution in [0.3, 0.4) is 0 Å². The molecular formula is C16H22F2N2O. The average Bonchev–Trinajstić information content (AvgIpc) is 2.46. The van der Waals surface area contributed by atoms with E-state index in [9.17, 15) is 13.6 Å². The van der Waals surface area contributed by atoms with Crippen LogP contribution < -0.4 is 10.6 Å². The molecule has 116 valence electrons. The third-order valence-corrected chi connectivity index (χ3v) is 4.03. The number of halogens is 2. The number of carbonyl (C=O) groups excluding carboxylic acids is 1. The highest BCUT2D eigenvalue weighted by atomic mass is 19.1. The van der Waals surface area contributed by atoms with Crippen molar-refractivity contribution in [3.8, 4) is 0 Å². The molecule has 2 rings (SSSR count). The number of amides is 1. The highest BCUT2D eigenvalue weighted by molar-refractivity contribution is 5.76. The summed E-state index contributed by atoms with van der Waals surface area (Å²) in [5, 5.41) is 6.12. The molecule has 2 N–H and O–H groups in total. The quantitative estimate of drug-likeness (QED) is 0.877. The number of hydrogen-bond acceptors (Lipinski definition) is 2. The van der Waals surface area contributed by atoms with Crippen molar-refractivity contribution in [2.75, 3.05) is 19.6 Å². The number of nitrogens with one attached hydrogen (secondary N) is 2. The molecule has 5 heteroatoms. The van der Waals surface area contributed by atoms with Crippen molar-refractivity contribution in [3.05, 3.63) is 35.4 Å². The summed E-state index contributed by atoms with van der Waals surface area (Å²) in [6.45, 7) is 4.12. The average molecular weight is 296 g/mol. The predicted molar refractivity (Wildman–Crippen MR) is 78.0 cm³/mol. The fourth-order valence-electron chi connectivity index (χ4n) is 2.70. The van der Waals surface area contributed by atoms with Crippen molar-refractivity contribution >= 4 is 5.91 Å². The van der Waals surface area contributed by atoms with Gasteiger partial charge in [-0.2, -0.15) is 0 Å². The maximum atomic E-state index is 13.6. The normalized spacial score (nSPS) is 17.5. The highest BCUT2D eigenvalue weighted by Gasteiger charge is 2.18. The van der Waals surface area contributed by atoms with E-state index in [1.54, 1.807) is 0 Å². The first-order valence-corrected chi connectivity index (χ1v) is 7.48. The summed E-state index contributed by atoms with van der Waals surface area (Å²) >= 11 is 0. The lowest BCUT2D eigenvalue weighted by Gasteiger charge is -2.22. The first-order valence-electron chi connectivity index (χ1n) is 7.48. The Bertz CT molecular complexity index is 487. The standard InChI is InChI=1S/C16H22F2N2O/c1-11(14-3-2-13(17)9-15(14)18)10-20-16(21)8-12-4-6-19-7-5-12/h2-3,9,11-12,19H,4-8,10H2,1H3,(H,20,21)/t11-/m0/s1. The first-order chi connectivity index (χ1) is 10.1. The summed E-state index contributed by atoms with van der Waals surface area (Å²) in [6, 6.07) is 3.56. The maximum absolute atomic E-state index is 13.6. The predicted octanol–water partition coefficient (Wildman–Crippen LogP) is 2.57. The van der Waals surface area contributed by atoms with Crippen LogP contribution in [0.2, 0.25) is 0 Å². The molecule has 0 saturated carbocycles. The molecule has 1 atom stereocenters. The Morgan fingerprint density at radius 1 is 1.38 bits per heavy atom. The van der Waals surface area contributed by atoms with Crippen LogP contribution in [-0.2, 0) is 4.79 Å². The fourth-order valence-corrected chi connectivity index (χ4v) is 2.70. The minimum absolute atomic E-state index is 0.0104. The van der Waals surface area contributed by atoms with E-state index in [0.29, 0.717) is 24.4 Å². The summed E-state index contributed by atoms with van der Waals surface area (Å²) in [5.41, 5.74) is 0.429. The van der Waals surface area contributed by atoms with E-state index >= 15 is 0 Å². The molecule has 21 heavy (non-hydrogen) atoms. The van der Waals surface area contributed by atoms with Crippen LogP contribution in [0.1, 0.15) is 37.7 Å². The van der Waals surface area contributed by atoms with Gasteiger partial charge in [-0.15, -0.1) is 0 Å². The minimum Gasteiger partial charge on any atom is -0.355 e. The van der Waals surface area contributed by atoms with Crippen molar-refractivity contribution in [2.24, 2.45) is 5.92 Å². The van der Waals surface area contributed by atoms with E-state index in [1.165, 1.54) is 12.1 Å². The Hall–Kier alpha value is -1.49. The lowest BCUT2D eigenvalue weighted by molar-refractivity contribution is -0.122. The maximum Gasteiger partial charge on any atom is 0.220 e. The van der Waals surface area contributed by atoms with Crippen LogP contribution in [-0.4, -0.2) is 25.5 Å². The Morgan fingerprint density at radius 3 is 2.76 bits per heavy atom. The molecule has 1 aliphatic rings. The van der Waals surface area contributed by atoms with Gasteiger partial charge >= 0.3 is 0 Å². The van der Waals surface area contributed by atoms with Crippen LogP contribution in [0.15, 0.2) is 18.2 Å². The zero-order valence-electron chi connectivity index (χ0n) is 12.3. The van der Waals surface area contributed by atoms with E-state index in [1.807, 2.05) is 6.92 Å². The second-order valence-corrected chi connectivity index (χ2v) is 5.77. The van der Waals surface area contributed by atoms with Crippen LogP contribution >= 0.6 is 0 Å². The largest absolute Gasteiger partial charge is 0.355 e. The van der Waals surface area contributed by atoms with Crippen LogP contribution in [0.4, 0.5) is 8.78 Å². The van der Waals surface area contributed by atoms with Crippen molar-refractivity contribution < 1.29 is 13.6 Å². The number of carbonyl (C=O) groups is 1. The van der Waals surface area contributed by atoms with Gasteiger partial charge in [-0.25, -0.2) is 8.78 Å². The molecule has 3 nitrogen and oxygen atoms in total. The third kappa shape index (κ3) is 4.77. The van der Waals surface area contributed by atoms with Gasteiger partial charge < -0.3 is 10.6 Å². The molecule has 1 aromatic carbocycles. The molecule has 1 fully saturated rings. The van der Waals surface area contributed by atoms with Crippen molar-refractivity contribution in [3.63, 3.8) is 0 Å². The molecule has 1 aromatic rings. The molecule has 1 aliphatic heterocycles. The summed E-state index contributed by atoms with van der Waals surface area (Å²) in [6.07, 6.45) is 2.57. The Balaban J connectivity index is 1.80. The summed E-state index contributed by atoms with van der Waals surface area (Å²) in [5.74, 6) is -0.878. The van der Waals surface area contributed by atoms with Crippen LogP contribution in [0.5, 0.6) is 0 Å². The Kier molecular flexibility index (Phi) is 5.67. The highest BCUT2D eigenvalue weighted by Crippen LogP contribution is 2.20. The molecule has 1 heterocycles. The lowest BCUT2D eigenvalue weighted by Crippen LogP contribution is -2.33. The number of benzene rings is 1. The second kappa shape index (κ2) is 7.50. The van der Waals surface area contributed by atoms with Crippen molar-refractivity contribution in [1.82, 2.24) is 10.6 Å². The molecule has 0 radical (unpaired) electrons. The molecular weight excluding hydrogens is 274 g/mol. The minimum atomic E-state index is -0.585. The van der Waals surface area contributed by atoms with Crippen LogP contribution in [0.25, 0.3) is 0 Å². The molecule has 0 aliphatic carbocycles. The zero-order chi connectivity index (χ0) is 15.2. The zero-order valence-corrected chi connectivity index (χ0v) is 12.3. The van der Waals surface area contributed by atoms with Gasteiger partial charge in [0, 0.05) is 24.9 Å². The van der Waals surface area contributed by atoms with Crippen LogP contribution in [0, 0.1) is 17.6 Å². The molecule has 0 spiro atoms. The summed E-state index contributed by atoms with van der Waals surface area (Å²) in [4.78, 5) is 11.9. The van der Waals surface area contributed by atoms with Gasteiger partial charge in [0.25, 0.3) is 0 Å². The summed E-state index contributed by atoms with van der Waals surface area (Å²) in [7, 11) is 0. The van der Waals surface area contributed by atoms with Gasteiger partial charge in [-0.3, -0.25) is 4.79 Å². The number of piperidine rings is 1. The molecule has 1 saturated heterocycles. The van der Waals surface area contributed by atoms with Gasteiger partial charge in [-0.1, -0.05) is 13.0 Å². The lowest BCUT2D eigenvalue weighted by atomic mass is 9.94. The smallest absolute Gasteiger partial charge is 0.220 e. The first kappa shape index (κ1) is 15.9.